The number of carbonyl (C=O) groups excluding carboxylic acids is 2. The van der Waals surface area contributed by atoms with E-state index in [1.807, 2.05) is 13.0 Å². The molecule has 1 aromatic rings. The minimum absolute atomic E-state index is 0.0464. The molecule has 0 bridgehead atoms. The first kappa shape index (κ1) is 11.0. The van der Waals surface area contributed by atoms with Gasteiger partial charge in [-0.1, -0.05) is 17.7 Å². The summed E-state index contributed by atoms with van der Waals surface area (Å²) < 4.78 is 0. The van der Waals surface area contributed by atoms with Crippen molar-refractivity contribution in [2.45, 2.75) is 6.92 Å². The van der Waals surface area contributed by atoms with E-state index in [2.05, 4.69) is 5.32 Å². The minimum atomic E-state index is -0.154. The van der Waals surface area contributed by atoms with Gasteiger partial charge in [-0.05, 0) is 24.6 Å². The average Bonchev–Trinajstić information content (AvgIpc) is 2.25. The summed E-state index contributed by atoms with van der Waals surface area (Å²) in [7, 11) is 0. The van der Waals surface area contributed by atoms with Crippen LogP contribution in [0.15, 0.2) is 18.2 Å². The SMILES string of the molecule is Cc1ccc(Cl)cc1N1CC(=O)NCC1=O. The van der Waals surface area contributed by atoms with Crippen LogP contribution in [0.5, 0.6) is 0 Å². The molecule has 1 aliphatic rings. The van der Waals surface area contributed by atoms with Crippen molar-refractivity contribution in [3.63, 3.8) is 0 Å². The van der Waals surface area contributed by atoms with Gasteiger partial charge in [-0.25, -0.2) is 0 Å². The van der Waals surface area contributed by atoms with Gasteiger partial charge in [-0.3, -0.25) is 9.59 Å². The summed E-state index contributed by atoms with van der Waals surface area (Å²) in [6.45, 7) is 1.98. The third kappa shape index (κ3) is 2.02. The molecule has 1 heterocycles. The molecular weight excluding hydrogens is 228 g/mol. The quantitative estimate of drug-likeness (QED) is 0.797. The van der Waals surface area contributed by atoms with E-state index in [9.17, 15) is 9.59 Å². The highest BCUT2D eigenvalue weighted by atomic mass is 35.5. The molecule has 1 fully saturated rings. The normalized spacial score (nSPS) is 16.2. The van der Waals surface area contributed by atoms with Crippen LogP contribution in [0.4, 0.5) is 5.69 Å². The third-order valence-corrected chi connectivity index (χ3v) is 2.74. The lowest BCUT2D eigenvalue weighted by Gasteiger charge is -2.28. The molecule has 1 aromatic carbocycles. The van der Waals surface area contributed by atoms with Gasteiger partial charge in [0.2, 0.25) is 11.8 Å². The Hall–Kier alpha value is -1.55. The Kier molecular flexibility index (Phi) is 2.83. The van der Waals surface area contributed by atoms with Gasteiger partial charge in [0, 0.05) is 10.7 Å². The second-order valence-electron chi connectivity index (χ2n) is 3.69. The van der Waals surface area contributed by atoms with E-state index in [0.717, 1.165) is 5.56 Å². The number of nitrogens with zero attached hydrogens (tertiary/aromatic N) is 1. The summed E-state index contributed by atoms with van der Waals surface area (Å²) in [6, 6.07) is 5.29. The van der Waals surface area contributed by atoms with E-state index < -0.39 is 0 Å². The summed E-state index contributed by atoms with van der Waals surface area (Å²) in [4.78, 5) is 24.4. The van der Waals surface area contributed by atoms with E-state index in [-0.39, 0.29) is 24.9 Å². The number of aryl methyl sites for hydroxylation is 1. The predicted octanol–water partition coefficient (Wildman–Crippen LogP) is 1.11. The van der Waals surface area contributed by atoms with Crippen LogP contribution >= 0.6 is 11.6 Å². The lowest BCUT2D eigenvalue weighted by atomic mass is 10.1. The molecule has 1 aliphatic heterocycles. The summed E-state index contributed by atoms with van der Waals surface area (Å²) >= 11 is 5.88. The maximum Gasteiger partial charge on any atom is 0.246 e. The molecule has 0 atom stereocenters. The highest BCUT2D eigenvalue weighted by Crippen LogP contribution is 2.24. The molecule has 1 N–H and O–H groups in total. The minimum Gasteiger partial charge on any atom is -0.345 e. The molecule has 1 saturated heterocycles. The van der Waals surface area contributed by atoms with Crippen LogP contribution in [-0.2, 0) is 9.59 Å². The second kappa shape index (κ2) is 4.14. The van der Waals surface area contributed by atoms with Gasteiger partial charge in [0.1, 0.15) is 6.54 Å². The number of piperazine rings is 1. The van der Waals surface area contributed by atoms with Gasteiger partial charge < -0.3 is 10.2 Å². The van der Waals surface area contributed by atoms with Crippen LogP contribution in [-0.4, -0.2) is 24.9 Å². The smallest absolute Gasteiger partial charge is 0.246 e. The Morgan fingerprint density at radius 1 is 1.38 bits per heavy atom. The van der Waals surface area contributed by atoms with Crippen molar-refractivity contribution in [3.8, 4) is 0 Å². The number of rotatable bonds is 1. The molecule has 0 aromatic heterocycles. The molecule has 84 valence electrons. The van der Waals surface area contributed by atoms with Crippen LogP contribution in [0.1, 0.15) is 5.56 Å². The molecule has 0 radical (unpaired) electrons. The van der Waals surface area contributed by atoms with E-state index >= 15 is 0 Å². The van der Waals surface area contributed by atoms with Crippen molar-refractivity contribution < 1.29 is 9.59 Å². The highest BCUT2D eigenvalue weighted by molar-refractivity contribution is 6.31. The van der Waals surface area contributed by atoms with Crippen molar-refractivity contribution in [2.24, 2.45) is 0 Å². The van der Waals surface area contributed by atoms with Crippen LogP contribution in [0, 0.1) is 6.92 Å². The van der Waals surface area contributed by atoms with Gasteiger partial charge in [0.25, 0.3) is 0 Å². The molecule has 16 heavy (non-hydrogen) atoms. The van der Waals surface area contributed by atoms with E-state index in [1.54, 1.807) is 12.1 Å². The average molecular weight is 239 g/mol. The van der Waals surface area contributed by atoms with Gasteiger partial charge in [0.05, 0.1) is 6.54 Å². The van der Waals surface area contributed by atoms with Gasteiger partial charge >= 0.3 is 0 Å². The summed E-state index contributed by atoms with van der Waals surface area (Å²) in [5.74, 6) is -0.274. The molecule has 0 unspecified atom stereocenters. The molecular formula is C11H11ClN2O2. The predicted molar refractivity (Wildman–Crippen MR) is 61.6 cm³/mol. The molecule has 0 aliphatic carbocycles. The van der Waals surface area contributed by atoms with Crippen molar-refractivity contribution in [1.82, 2.24) is 5.32 Å². The zero-order valence-corrected chi connectivity index (χ0v) is 9.54. The number of anilines is 1. The van der Waals surface area contributed by atoms with Crippen molar-refractivity contribution in [3.05, 3.63) is 28.8 Å². The first-order valence-electron chi connectivity index (χ1n) is 4.91. The molecule has 2 amide bonds. The highest BCUT2D eigenvalue weighted by Gasteiger charge is 2.25. The van der Waals surface area contributed by atoms with E-state index in [1.165, 1.54) is 4.90 Å². The Labute approximate surface area is 98.2 Å². The zero-order valence-electron chi connectivity index (χ0n) is 8.79. The topological polar surface area (TPSA) is 49.4 Å². The Morgan fingerprint density at radius 2 is 2.12 bits per heavy atom. The number of nitrogens with one attached hydrogen (secondary N) is 1. The van der Waals surface area contributed by atoms with Crippen molar-refractivity contribution in [2.75, 3.05) is 18.0 Å². The Morgan fingerprint density at radius 3 is 2.88 bits per heavy atom. The first-order chi connectivity index (χ1) is 7.58. The number of hydrogen-bond acceptors (Lipinski definition) is 2. The van der Waals surface area contributed by atoms with Crippen molar-refractivity contribution >= 4 is 29.1 Å². The second-order valence-corrected chi connectivity index (χ2v) is 4.12. The van der Waals surface area contributed by atoms with Crippen LogP contribution in [0.25, 0.3) is 0 Å². The molecule has 0 saturated carbocycles. The molecule has 0 spiro atoms. The fourth-order valence-electron chi connectivity index (χ4n) is 1.65. The lowest BCUT2D eigenvalue weighted by Crippen LogP contribution is -2.51. The zero-order chi connectivity index (χ0) is 11.7. The van der Waals surface area contributed by atoms with Crippen LogP contribution in [0.2, 0.25) is 5.02 Å². The Bertz CT molecular complexity index is 459. The number of carbonyl (C=O) groups is 2. The molecule has 4 nitrogen and oxygen atoms in total. The molecule has 5 heteroatoms. The largest absolute Gasteiger partial charge is 0.345 e. The number of hydrogen-bond donors (Lipinski definition) is 1. The van der Waals surface area contributed by atoms with Crippen LogP contribution in [0.3, 0.4) is 0 Å². The third-order valence-electron chi connectivity index (χ3n) is 2.50. The lowest BCUT2D eigenvalue weighted by molar-refractivity contribution is -0.128. The number of benzene rings is 1. The van der Waals surface area contributed by atoms with Crippen LogP contribution < -0.4 is 10.2 Å². The summed E-state index contributed by atoms with van der Waals surface area (Å²) in [6.07, 6.45) is 0. The summed E-state index contributed by atoms with van der Waals surface area (Å²) in [5, 5.41) is 3.06. The van der Waals surface area contributed by atoms with E-state index in [4.69, 9.17) is 11.6 Å². The number of halogens is 1. The monoisotopic (exact) mass is 238 g/mol. The van der Waals surface area contributed by atoms with Gasteiger partial charge in [-0.2, -0.15) is 0 Å². The van der Waals surface area contributed by atoms with Gasteiger partial charge in [0.15, 0.2) is 0 Å². The van der Waals surface area contributed by atoms with Gasteiger partial charge in [-0.15, -0.1) is 0 Å². The summed E-state index contributed by atoms with van der Waals surface area (Å²) in [5.41, 5.74) is 1.62. The fourth-order valence-corrected chi connectivity index (χ4v) is 1.82. The van der Waals surface area contributed by atoms with Crippen molar-refractivity contribution in [1.29, 1.82) is 0 Å². The Balaban J connectivity index is 2.38. The first-order valence-corrected chi connectivity index (χ1v) is 5.29. The molecule has 2 rings (SSSR count). The maximum absolute atomic E-state index is 11.7. The maximum atomic E-state index is 11.7. The van der Waals surface area contributed by atoms with E-state index in [0.29, 0.717) is 10.7 Å². The fraction of sp³-hybridized carbons (Fsp3) is 0.273. The number of amides is 2. The standard InChI is InChI=1S/C11H11ClN2O2/c1-7-2-3-8(12)4-9(7)14-6-10(15)13-5-11(14)16/h2-4H,5-6H2,1H3,(H,13,15).